The molecule has 0 aromatic rings. The molecule has 15 heavy (non-hydrogen) atoms. The molecule has 1 rings (SSSR count). The van der Waals surface area contributed by atoms with Gasteiger partial charge >= 0.3 is 0 Å². The van der Waals surface area contributed by atoms with Crippen LogP contribution in [0.3, 0.4) is 0 Å². The first-order chi connectivity index (χ1) is 7.26. The second-order valence-electron chi connectivity index (χ2n) is 4.33. The Kier molecular flexibility index (Phi) is 5.03. The predicted molar refractivity (Wildman–Crippen MR) is 57.3 cm³/mol. The molecule has 0 atom stereocenters. The molecule has 4 nitrogen and oxygen atoms in total. The third kappa shape index (κ3) is 4.17. The summed E-state index contributed by atoms with van der Waals surface area (Å²) >= 11 is 0. The van der Waals surface area contributed by atoms with Crippen LogP contribution in [0, 0.1) is 16.7 Å². The predicted octanol–water partition coefficient (Wildman–Crippen LogP) is 0.621. The van der Waals surface area contributed by atoms with E-state index in [2.05, 4.69) is 11.0 Å². The van der Waals surface area contributed by atoms with Crippen LogP contribution in [0.5, 0.6) is 0 Å². The van der Waals surface area contributed by atoms with Crippen LogP contribution in [0.15, 0.2) is 0 Å². The first-order valence-corrected chi connectivity index (χ1v) is 5.45. The molecule has 1 aliphatic rings. The Morgan fingerprint density at radius 3 is 2.67 bits per heavy atom. The number of hydrogen-bond acceptors (Lipinski definition) is 4. The molecular formula is C11H20N2O2. The van der Waals surface area contributed by atoms with Gasteiger partial charge in [-0.1, -0.05) is 0 Å². The van der Waals surface area contributed by atoms with E-state index in [4.69, 9.17) is 15.1 Å². The highest BCUT2D eigenvalue weighted by molar-refractivity contribution is 5.01. The van der Waals surface area contributed by atoms with Crippen molar-refractivity contribution >= 4 is 0 Å². The van der Waals surface area contributed by atoms with E-state index in [1.165, 1.54) is 0 Å². The number of ether oxygens (including phenoxy) is 1. The van der Waals surface area contributed by atoms with Gasteiger partial charge in [0.05, 0.1) is 19.3 Å². The first kappa shape index (κ1) is 12.4. The maximum Gasteiger partial charge on any atom is 0.0628 e. The summed E-state index contributed by atoms with van der Waals surface area (Å²) in [6, 6.07) is 2.25. The zero-order chi connectivity index (χ0) is 11.1. The van der Waals surface area contributed by atoms with Gasteiger partial charge in [-0.2, -0.15) is 5.26 Å². The lowest BCUT2D eigenvalue weighted by Crippen LogP contribution is -2.35. The van der Waals surface area contributed by atoms with Gasteiger partial charge in [0.2, 0.25) is 0 Å². The maximum absolute atomic E-state index is 8.94. The van der Waals surface area contributed by atoms with E-state index in [0.717, 1.165) is 25.9 Å². The molecule has 0 amide bonds. The van der Waals surface area contributed by atoms with E-state index in [1.54, 1.807) is 7.11 Å². The van der Waals surface area contributed by atoms with Crippen molar-refractivity contribution in [1.82, 2.24) is 4.90 Å². The largest absolute Gasteiger partial charge is 0.395 e. The second kappa shape index (κ2) is 6.06. The standard InChI is InChI=1S/C11H20N2O2/c1-15-9-7-13(6-8-14)10-11(2-3-11)4-5-12/h14H,2-4,6-10H2,1H3. The number of hydrogen-bond donors (Lipinski definition) is 1. The van der Waals surface area contributed by atoms with E-state index in [-0.39, 0.29) is 12.0 Å². The van der Waals surface area contributed by atoms with Crippen molar-refractivity contribution in [1.29, 1.82) is 5.26 Å². The quantitative estimate of drug-likeness (QED) is 0.641. The maximum atomic E-state index is 8.94. The summed E-state index contributed by atoms with van der Waals surface area (Å²) in [5.41, 5.74) is 0.220. The average Bonchev–Trinajstić information content (AvgIpc) is 2.95. The zero-order valence-corrected chi connectivity index (χ0v) is 9.41. The van der Waals surface area contributed by atoms with E-state index < -0.39 is 0 Å². The minimum absolute atomic E-state index is 0.173. The number of rotatable bonds is 8. The van der Waals surface area contributed by atoms with Gasteiger partial charge in [-0.15, -0.1) is 0 Å². The van der Waals surface area contributed by atoms with Gasteiger partial charge in [-0.3, -0.25) is 4.90 Å². The van der Waals surface area contributed by atoms with Gasteiger partial charge in [0.1, 0.15) is 0 Å². The van der Waals surface area contributed by atoms with Crippen LogP contribution in [0.4, 0.5) is 0 Å². The summed E-state index contributed by atoms with van der Waals surface area (Å²) < 4.78 is 5.03. The lowest BCUT2D eigenvalue weighted by Gasteiger charge is -2.25. The van der Waals surface area contributed by atoms with E-state index in [1.807, 2.05) is 0 Å². The van der Waals surface area contributed by atoms with Crippen molar-refractivity contribution in [3.05, 3.63) is 0 Å². The summed E-state index contributed by atoms with van der Waals surface area (Å²) in [6.45, 7) is 3.29. The highest BCUT2D eigenvalue weighted by Crippen LogP contribution is 2.49. The minimum atomic E-state index is 0.173. The molecule has 0 spiro atoms. The molecule has 0 heterocycles. The highest BCUT2D eigenvalue weighted by atomic mass is 16.5. The van der Waals surface area contributed by atoms with E-state index in [0.29, 0.717) is 19.6 Å². The van der Waals surface area contributed by atoms with E-state index in [9.17, 15) is 0 Å². The summed E-state index contributed by atoms with van der Waals surface area (Å²) in [4.78, 5) is 2.19. The van der Waals surface area contributed by atoms with Crippen molar-refractivity contribution in [3.63, 3.8) is 0 Å². The molecule has 86 valence electrons. The molecular weight excluding hydrogens is 192 g/mol. The normalized spacial score (nSPS) is 17.7. The molecule has 0 radical (unpaired) electrons. The molecule has 0 unspecified atom stereocenters. The Bertz CT molecular complexity index is 221. The molecule has 1 fully saturated rings. The third-order valence-electron chi connectivity index (χ3n) is 3.00. The molecule has 4 heteroatoms. The van der Waals surface area contributed by atoms with Crippen molar-refractivity contribution in [2.24, 2.45) is 5.41 Å². The summed E-state index contributed by atoms with van der Waals surface area (Å²) in [5.74, 6) is 0. The lowest BCUT2D eigenvalue weighted by molar-refractivity contribution is 0.116. The number of aliphatic hydroxyl groups is 1. The Hall–Kier alpha value is -0.630. The topological polar surface area (TPSA) is 56.5 Å². The molecule has 1 saturated carbocycles. The van der Waals surface area contributed by atoms with Crippen LogP contribution < -0.4 is 0 Å². The van der Waals surface area contributed by atoms with Gasteiger partial charge < -0.3 is 9.84 Å². The Balaban J connectivity index is 2.33. The second-order valence-corrected chi connectivity index (χ2v) is 4.33. The molecule has 0 aromatic heterocycles. The average molecular weight is 212 g/mol. The first-order valence-electron chi connectivity index (χ1n) is 5.45. The number of nitrogens with zero attached hydrogens (tertiary/aromatic N) is 2. The Morgan fingerprint density at radius 2 is 2.20 bits per heavy atom. The molecule has 0 aliphatic heterocycles. The van der Waals surface area contributed by atoms with Crippen molar-refractivity contribution < 1.29 is 9.84 Å². The number of nitriles is 1. The number of methoxy groups -OCH3 is 1. The fraction of sp³-hybridized carbons (Fsp3) is 0.909. The fourth-order valence-electron chi connectivity index (χ4n) is 1.84. The highest BCUT2D eigenvalue weighted by Gasteiger charge is 2.43. The smallest absolute Gasteiger partial charge is 0.0628 e. The summed E-state index contributed by atoms with van der Waals surface area (Å²) in [7, 11) is 1.68. The fourth-order valence-corrected chi connectivity index (χ4v) is 1.84. The third-order valence-corrected chi connectivity index (χ3v) is 3.00. The van der Waals surface area contributed by atoms with Crippen LogP contribution in [0.1, 0.15) is 19.3 Å². The van der Waals surface area contributed by atoms with Gasteiger partial charge in [0.25, 0.3) is 0 Å². The van der Waals surface area contributed by atoms with Gasteiger partial charge in [-0.25, -0.2) is 0 Å². The van der Waals surface area contributed by atoms with Crippen LogP contribution in [0.2, 0.25) is 0 Å². The van der Waals surface area contributed by atoms with Crippen molar-refractivity contribution in [2.45, 2.75) is 19.3 Å². The molecule has 0 saturated heterocycles. The monoisotopic (exact) mass is 212 g/mol. The summed E-state index contributed by atoms with van der Waals surface area (Å²) in [5, 5.41) is 17.7. The molecule has 1 aliphatic carbocycles. The van der Waals surface area contributed by atoms with Crippen molar-refractivity contribution in [2.75, 3.05) is 40.0 Å². The van der Waals surface area contributed by atoms with Crippen LogP contribution in [-0.4, -0.2) is 50.0 Å². The lowest BCUT2D eigenvalue weighted by atomic mass is 10.0. The minimum Gasteiger partial charge on any atom is -0.395 e. The molecule has 0 bridgehead atoms. The summed E-state index contributed by atoms with van der Waals surface area (Å²) in [6.07, 6.45) is 2.94. The van der Waals surface area contributed by atoms with Gasteiger partial charge in [0.15, 0.2) is 0 Å². The Labute approximate surface area is 91.4 Å². The number of aliphatic hydroxyl groups excluding tert-OH is 1. The van der Waals surface area contributed by atoms with Crippen molar-refractivity contribution in [3.8, 4) is 6.07 Å². The Morgan fingerprint density at radius 1 is 1.47 bits per heavy atom. The van der Waals surface area contributed by atoms with Gasteiger partial charge in [-0.05, 0) is 18.3 Å². The zero-order valence-electron chi connectivity index (χ0n) is 9.41. The van der Waals surface area contributed by atoms with Gasteiger partial charge in [0, 0.05) is 33.2 Å². The molecule has 0 aromatic carbocycles. The van der Waals surface area contributed by atoms with E-state index >= 15 is 0 Å². The van der Waals surface area contributed by atoms with Crippen LogP contribution in [-0.2, 0) is 4.74 Å². The van der Waals surface area contributed by atoms with Crippen LogP contribution >= 0.6 is 0 Å². The van der Waals surface area contributed by atoms with Crippen LogP contribution in [0.25, 0.3) is 0 Å². The SMILES string of the molecule is COCCN(CCO)CC1(CC#N)CC1. The molecule has 1 N–H and O–H groups in total.